The van der Waals surface area contributed by atoms with Gasteiger partial charge in [0.05, 0.1) is 5.56 Å². The van der Waals surface area contributed by atoms with Crippen LogP contribution in [0.3, 0.4) is 0 Å². The molecule has 1 aromatic rings. The van der Waals surface area contributed by atoms with E-state index in [4.69, 9.17) is 0 Å². The van der Waals surface area contributed by atoms with E-state index in [0.717, 1.165) is 31.7 Å². The number of nitrogens with one attached hydrogen (secondary N) is 1. The van der Waals surface area contributed by atoms with Gasteiger partial charge in [0.25, 0.3) is 0 Å². The molecule has 1 N–H and O–H groups in total. The van der Waals surface area contributed by atoms with Crippen molar-refractivity contribution < 1.29 is 13.6 Å². The molecule has 2 saturated heterocycles. The summed E-state index contributed by atoms with van der Waals surface area (Å²) in [5.74, 6) is -2.29. The summed E-state index contributed by atoms with van der Waals surface area (Å²) >= 11 is 0. The van der Waals surface area contributed by atoms with Crippen LogP contribution in [0.5, 0.6) is 0 Å². The Kier molecular flexibility index (Phi) is 2.86. The number of piperidine rings is 1. The number of Topliss-reactive ketones (excluding diaryl/α,β-unsaturated/α-hetero) is 1. The SMILES string of the molecule is O=C(c1ccc(F)nc1F)C1CC2CCC(C1)N2. The Hall–Kier alpha value is -1.36. The first-order valence-electron chi connectivity index (χ1n) is 6.26. The van der Waals surface area contributed by atoms with Gasteiger partial charge in [-0.05, 0) is 37.8 Å². The third-order valence-electron chi connectivity index (χ3n) is 3.92. The van der Waals surface area contributed by atoms with Gasteiger partial charge in [0.15, 0.2) is 5.78 Å². The molecule has 3 nitrogen and oxygen atoms in total. The maximum Gasteiger partial charge on any atom is 0.226 e. The molecule has 0 amide bonds. The van der Waals surface area contributed by atoms with Crippen LogP contribution in [-0.4, -0.2) is 22.9 Å². The molecule has 2 aliphatic rings. The molecule has 0 aromatic carbocycles. The number of hydrogen-bond acceptors (Lipinski definition) is 3. The number of carbonyl (C=O) groups excluding carboxylic acids is 1. The molecule has 0 saturated carbocycles. The zero-order chi connectivity index (χ0) is 12.7. The lowest BCUT2D eigenvalue weighted by Crippen LogP contribution is -2.40. The van der Waals surface area contributed by atoms with Crippen molar-refractivity contribution >= 4 is 5.78 Å². The maximum atomic E-state index is 13.5. The summed E-state index contributed by atoms with van der Waals surface area (Å²) in [4.78, 5) is 15.3. The Morgan fingerprint density at radius 3 is 2.50 bits per heavy atom. The molecular formula is C13H14F2N2O. The maximum absolute atomic E-state index is 13.5. The average molecular weight is 252 g/mol. The Balaban J connectivity index is 1.82. The number of carbonyl (C=O) groups is 1. The molecule has 0 spiro atoms. The minimum Gasteiger partial charge on any atom is -0.311 e. The molecule has 2 bridgehead atoms. The Labute approximate surface area is 104 Å². The van der Waals surface area contributed by atoms with Gasteiger partial charge in [0.2, 0.25) is 11.9 Å². The van der Waals surface area contributed by atoms with E-state index in [-0.39, 0.29) is 17.3 Å². The van der Waals surface area contributed by atoms with Gasteiger partial charge < -0.3 is 5.32 Å². The lowest BCUT2D eigenvalue weighted by molar-refractivity contribution is 0.0870. The van der Waals surface area contributed by atoms with Gasteiger partial charge >= 0.3 is 0 Å². The number of pyridine rings is 1. The summed E-state index contributed by atoms with van der Waals surface area (Å²) in [6.45, 7) is 0. The van der Waals surface area contributed by atoms with E-state index >= 15 is 0 Å². The lowest BCUT2D eigenvalue weighted by Gasteiger charge is -2.28. The molecule has 2 aliphatic heterocycles. The van der Waals surface area contributed by atoms with Gasteiger partial charge in [0, 0.05) is 18.0 Å². The fraction of sp³-hybridized carbons (Fsp3) is 0.538. The number of hydrogen-bond donors (Lipinski definition) is 1. The van der Waals surface area contributed by atoms with Crippen molar-refractivity contribution in [3.8, 4) is 0 Å². The van der Waals surface area contributed by atoms with Crippen LogP contribution in [0.2, 0.25) is 0 Å². The van der Waals surface area contributed by atoms with Crippen LogP contribution in [0.15, 0.2) is 12.1 Å². The van der Waals surface area contributed by atoms with E-state index in [1.165, 1.54) is 6.07 Å². The predicted octanol–water partition coefficient (Wildman–Crippen LogP) is 2.07. The van der Waals surface area contributed by atoms with Gasteiger partial charge in [-0.25, -0.2) is 0 Å². The van der Waals surface area contributed by atoms with E-state index in [2.05, 4.69) is 10.3 Å². The van der Waals surface area contributed by atoms with Crippen LogP contribution in [0, 0.1) is 17.8 Å². The van der Waals surface area contributed by atoms with Gasteiger partial charge in [0.1, 0.15) is 0 Å². The third kappa shape index (κ3) is 2.03. The van der Waals surface area contributed by atoms with Crippen molar-refractivity contribution in [3.63, 3.8) is 0 Å². The van der Waals surface area contributed by atoms with E-state index in [0.29, 0.717) is 12.1 Å². The highest BCUT2D eigenvalue weighted by molar-refractivity contribution is 5.97. The minimum atomic E-state index is -0.995. The Morgan fingerprint density at radius 2 is 1.89 bits per heavy atom. The van der Waals surface area contributed by atoms with Gasteiger partial charge in [-0.3, -0.25) is 4.79 Å². The summed E-state index contributed by atoms with van der Waals surface area (Å²) in [6, 6.07) is 2.97. The highest BCUT2D eigenvalue weighted by atomic mass is 19.1. The summed E-state index contributed by atoms with van der Waals surface area (Å²) in [5, 5.41) is 3.43. The fourth-order valence-corrected chi connectivity index (χ4v) is 3.09. The molecule has 0 radical (unpaired) electrons. The fourth-order valence-electron chi connectivity index (χ4n) is 3.09. The van der Waals surface area contributed by atoms with Crippen LogP contribution in [-0.2, 0) is 0 Å². The molecule has 2 atom stereocenters. The van der Waals surface area contributed by atoms with Crippen molar-refractivity contribution in [1.29, 1.82) is 0 Å². The monoisotopic (exact) mass is 252 g/mol. The van der Waals surface area contributed by atoms with E-state index in [1.807, 2.05) is 0 Å². The van der Waals surface area contributed by atoms with Crippen molar-refractivity contribution in [1.82, 2.24) is 10.3 Å². The van der Waals surface area contributed by atoms with Gasteiger partial charge in [-0.2, -0.15) is 13.8 Å². The van der Waals surface area contributed by atoms with Gasteiger partial charge in [-0.15, -0.1) is 0 Å². The molecule has 2 fully saturated rings. The van der Waals surface area contributed by atoms with Crippen LogP contribution >= 0.6 is 0 Å². The summed E-state index contributed by atoms with van der Waals surface area (Å²) in [7, 11) is 0. The highest BCUT2D eigenvalue weighted by Crippen LogP contribution is 2.33. The Bertz CT molecular complexity index is 480. The third-order valence-corrected chi connectivity index (χ3v) is 3.92. The van der Waals surface area contributed by atoms with Crippen molar-refractivity contribution in [2.75, 3.05) is 0 Å². The molecule has 3 heterocycles. The quantitative estimate of drug-likeness (QED) is 0.647. The lowest BCUT2D eigenvalue weighted by atomic mass is 9.86. The number of aromatic nitrogens is 1. The first kappa shape index (κ1) is 11.7. The zero-order valence-corrected chi connectivity index (χ0v) is 9.83. The van der Waals surface area contributed by atoms with Crippen LogP contribution in [0.4, 0.5) is 8.78 Å². The summed E-state index contributed by atoms with van der Waals surface area (Å²) in [5.41, 5.74) is -0.0808. The van der Waals surface area contributed by atoms with Crippen molar-refractivity contribution in [2.24, 2.45) is 5.92 Å². The van der Waals surface area contributed by atoms with Crippen molar-refractivity contribution in [2.45, 2.75) is 37.8 Å². The molecule has 1 aromatic heterocycles. The van der Waals surface area contributed by atoms with E-state index in [9.17, 15) is 13.6 Å². The highest BCUT2D eigenvalue weighted by Gasteiger charge is 2.37. The summed E-state index contributed by atoms with van der Waals surface area (Å²) < 4.78 is 26.2. The molecule has 5 heteroatoms. The minimum absolute atomic E-state index is 0.0808. The number of rotatable bonds is 2. The zero-order valence-electron chi connectivity index (χ0n) is 9.83. The van der Waals surface area contributed by atoms with Gasteiger partial charge in [-0.1, -0.05) is 0 Å². The van der Waals surface area contributed by atoms with Crippen LogP contribution in [0.25, 0.3) is 0 Å². The topological polar surface area (TPSA) is 42.0 Å². The molecule has 96 valence electrons. The predicted molar refractivity (Wildman–Crippen MR) is 61.2 cm³/mol. The molecular weight excluding hydrogens is 238 g/mol. The second-order valence-electron chi connectivity index (χ2n) is 5.14. The second kappa shape index (κ2) is 4.39. The molecule has 2 unspecified atom stereocenters. The second-order valence-corrected chi connectivity index (χ2v) is 5.14. The first-order valence-corrected chi connectivity index (χ1v) is 6.26. The number of nitrogens with zero attached hydrogens (tertiary/aromatic N) is 1. The normalized spacial score (nSPS) is 30.4. The number of halogens is 2. The molecule has 0 aliphatic carbocycles. The number of ketones is 1. The standard InChI is InChI=1S/C13H14F2N2O/c14-11-4-3-10(13(15)17-11)12(18)7-5-8-1-2-9(6-7)16-8/h3-4,7-9,16H,1-2,5-6H2. The molecule has 18 heavy (non-hydrogen) atoms. The van der Waals surface area contributed by atoms with Crippen molar-refractivity contribution in [3.05, 3.63) is 29.6 Å². The Morgan fingerprint density at radius 1 is 1.22 bits per heavy atom. The molecule has 3 rings (SSSR count). The smallest absolute Gasteiger partial charge is 0.226 e. The number of fused-ring (bicyclic) bond motifs is 2. The average Bonchev–Trinajstić information content (AvgIpc) is 2.67. The first-order chi connectivity index (χ1) is 8.63. The van der Waals surface area contributed by atoms with E-state index < -0.39 is 11.9 Å². The van der Waals surface area contributed by atoms with Crippen LogP contribution in [0.1, 0.15) is 36.0 Å². The largest absolute Gasteiger partial charge is 0.311 e. The summed E-state index contributed by atoms with van der Waals surface area (Å²) in [6.07, 6.45) is 3.65. The van der Waals surface area contributed by atoms with Crippen LogP contribution < -0.4 is 5.32 Å². The van der Waals surface area contributed by atoms with E-state index in [1.54, 1.807) is 0 Å².